The molecule has 1 amide bonds. The van der Waals surface area contributed by atoms with Gasteiger partial charge in [-0.2, -0.15) is 0 Å². The quantitative estimate of drug-likeness (QED) is 0.832. The highest BCUT2D eigenvalue weighted by Gasteiger charge is 2.23. The molecule has 1 aliphatic heterocycles. The van der Waals surface area contributed by atoms with Gasteiger partial charge in [0.2, 0.25) is 0 Å². The maximum absolute atomic E-state index is 13.1. The van der Waals surface area contributed by atoms with Crippen LogP contribution in [0.5, 0.6) is 11.5 Å². The highest BCUT2D eigenvalue weighted by Crippen LogP contribution is 2.35. The predicted octanol–water partition coefficient (Wildman–Crippen LogP) is 4.24. The zero-order valence-corrected chi connectivity index (χ0v) is 14.8. The molecule has 126 valence electrons. The van der Waals surface area contributed by atoms with Gasteiger partial charge in [0.1, 0.15) is 0 Å². The van der Waals surface area contributed by atoms with E-state index in [0.717, 1.165) is 29.3 Å². The minimum Gasteiger partial charge on any atom is -0.493 e. The van der Waals surface area contributed by atoms with E-state index in [1.165, 1.54) is 0 Å². The molecule has 0 aromatic heterocycles. The van der Waals surface area contributed by atoms with Gasteiger partial charge in [0.25, 0.3) is 5.91 Å². The Morgan fingerprint density at radius 2 is 2.04 bits per heavy atom. The van der Waals surface area contributed by atoms with Gasteiger partial charge < -0.3 is 14.4 Å². The molecular weight excluding hydrogens is 322 g/mol. The maximum atomic E-state index is 13.1. The molecule has 1 heterocycles. The first-order chi connectivity index (χ1) is 11.7. The van der Waals surface area contributed by atoms with Gasteiger partial charge in [-0.25, -0.2) is 0 Å². The van der Waals surface area contributed by atoms with Gasteiger partial charge in [0, 0.05) is 17.0 Å². The van der Waals surface area contributed by atoms with Crippen molar-refractivity contribution in [3.63, 3.8) is 0 Å². The molecule has 4 nitrogen and oxygen atoms in total. The van der Waals surface area contributed by atoms with E-state index < -0.39 is 0 Å². The summed E-state index contributed by atoms with van der Waals surface area (Å²) in [5.41, 5.74) is 1.59. The van der Waals surface area contributed by atoms with E-state index in [1.807, 2.05) is 30.0 Å². The third-order valence-corrected chi connectivity index (χ3v) is 5.04. The van der Waals surface area contributed by atoms with Crippen molar-refractivity contribution in [1.82, 2.24) is 0 Å². The van der Waals surface area contributed by atoms with Gasteiger partial charge in [-0.3, -0.25) is 4.79 Å². The zero-order chi connectivity index (χ0) is 16.9. The molecule has 0 N–H and O–H groups in total. The number of fused-ring (bicyclic) bond motifs is 1. The summed E-state index contributed by atoms with van der Waals surface area (Å²) in [5.74, 6) is 2.25. The average molecular weight is 343 g/mol. The summed E-state index contributed by atoms with van der Waals surface area (Å²) in [7, 11) is 1.59. The minimum atomic E-state index is -0.00806. The number of carbonyl (C=O) groups is 1. The van der Waals surface area contributed by atoms with Crippen LogP contribution in [0.25, 0.3) is 0 Å². The van der Waals surface area contributed by atoms with E-state index in [4.69, 9.17) is 9.47 Å². The molecule has 0 bridgehead atoms. The predicted molar refractivity (Wildman–Crippen MR) is 97.6 cm³/mol. The Morgan fingerprint density at radius 1 is 1.21 bits per heavy atom. The summed E-state index contributed by atoms with van der Waals surface area (Å²) in [6.45, 7) is 3.20. The van der Waals surface area contributed by atoms with Crippen molar-refractivity contribution in [2.75, 3.05) is 30.9 Å². The fourth-order valence-electron chi connectivity index (χ4n) is 2.77. The Kier molecular flexibility index (Phi) is 5.30. The summed E-state index contributed by atoms with van der Waals surface area (Å²) < 4.78 is 10.9. The van der Waals surface area contributed by atoms with E-state index in [2.05, 4.69) is 6.07 Å². The molecule has 1 aliphatic rings. The van der Waals surface area contributed by atoms with Crippen LogP contribution in [0.4, 0.5) is 5.69 Å². The number of methoxy groups -OCH3 is 1. The van der Waals surface area contributed by atoms with Crippen molar-refractivity contribution < 1.29 is 14.3 Å². The lowest BCUT2D eigenvalue weighted by Gasteiger charge is -2.23. The number of thioether (sulfide) groups is 1. The standard InChI is InChI=1S/C19H21NO3S/c1-3-23-16-10-9-14(13-17(16)22-2)19(21)20-11-6-12-24-18-8-5-4-7-15(18)20/h4-5,7-10,13H,3,6,11-12H2,1-2H3. The molecule has 0 spiro atoms. The van der Waals surface area contributed by atoms with E-state index in [9.17, 15) is 4.79 Å². The molecule has 2 aromatic rings. The molecular formula is C19H21NO3S. The summed E-state index contributed by atoms with van der Waals surface area (Å²) in [6, 6.07) is 13.4. The number of benzene rings is 2. The van der Waals surface area contributed by atoms with Crippen LogP contribution in [0, 0.1) is 0 Å². The number of carbonyl (C=O) groups excluding carboxylic acids is 1. The van der Waals surface area contributed by atoms with Crippen molar-refractivity contribution >= 4 is 23.4 Å². The summed E-state index contributed by atoms with van der Waals surface area (Å²) in [5, 5.41) is 0. The van der Waals surface area contributed by atoms with Crippen LogP contribution in [0.1, 0.15) is 23.7 Å². The Morgan fingerprint density at radius 3 is 2.83 bits per heavy atom. The molecule has 0 unspecified atom stereocenters. The molecule has 3 rings (SSSR count). The summed E-state index contributed by atoms with van der Waals surface area (Å²) in [6.07, 6.45) is 0.971. The molecule has 0 fully saturated rings. The number of hydrogen-bond acceptors (Lipinski definition) is 4. The second-order valence-corrected chi connectivity index (χ2v) is 6.56. The second kappa shape index (κ2) is 7.62. The van der Waals surface area contributed by atoms with Crippen molar-refractivity contribution in [1.29, 1.82) is 0 Å². The fourth-order valence-corrected chi connectivity index (χ4v) is 3.76. The van der Waals surface area contributed by atoms with Gasteiger partial charge in [0.05, 0.1) is 19.4 Å². The Hall–Kier alpha value is -2.14. The summed E-state index contributed by atoms with van der Waals surface area (Å²) in [4.78, 5) is 16.1. The van der Waals surface area contributed by atoms with E-state index in [0.29, 0.717) is 23.7 Å². The number of anilines is 1. The number of ether oxygens (including phenoxy) is 2. The van der Waals surface area contributed by atoms with Crippen LogP contribution in [0.2, 0.25) is 0 Å². The first kappa shape index (κ1) is 16.7. The smallest absolute Gasteiger partial charge is 0.258 e. The normalized spacial score (nSPS) is 13.8. The van der Waals surface area contributed by atoms with Crippen molar-refractivity contribution in [3.8, 4) is 11.5 Å². The second-order valence-electron chi connectivity index (χ2n) is 5.43. The van der Waals surface area contributed by atoms with Gasteiger partial charge in [-0.05, 0) is 49.4 Å². The number of nitrogens with zero attached hydrogens (tertiary/aromatic N) is 1. The van der Waals surface area contributed by atoms with Crippen molar-refractivity contribution in [2.45, 2.75) is 18.2 Å². The van der Waals surface area contributed by atoms with Crippen LogP contribution < -0.4 is 14.4 Å². The molecule has 0 radical (unpaired) electrons. The third kappa shape index (κ3) is 3.36. The summed E-state index contributed by atoms with van der Waals surface area (Å²) >= 11 is 1.80. The lowest BCUT2D eigenvalue weighted by atomic mass is 10.1. The van der Waals surface area contributed by atoms with Gasteiger partial charge >= 0.3 is 0 Å². The Balaban J connectivity index is 1.94. The largest absolute Gasteiger partial charge is 0.493 e. The number of hydrogen-bond donors (Lipinski definition) is 0. The molecule has 0 atom stereocenters. The topological polar surface area (TPSA) is 38.8 Å². The molecule has 2 aromatic carbocycles. The Bertz CT molecular complexity index is 732. The van der Waals surface area contributed by atoms with Crippen LogP contribution in [0.15, 0.2) is 47.4 Å². The zero-order valence-electron chi connectivity index (χ0n) is 14.0. The fraction of sp³-hybridized carbons (Fsp3) is 0.316. The SMILES string of the molecule is CCOc1ccc(C(=O)N2CCCSc3ccccc32)cc1OC. The van der Waals surface area contributed by atoms with Crippen molar-refractivity contribution in [2.24, 2.45) is 0 Å². The first-order valence-corrected chi connectivity index (χ1v) is 9.07. The average Bonchev–Trinajstić information content (AvgIpc) is 2.84. The van der Waals surface area contributed by atoms with Crippen LogP contribution in [0.3, 0.4) is 0 Å². The monoisotopic (exact) mass is 343 g/mol. The molecule has 0 saturated heterocycles. The first-order valence-electron chi connectivity index (χ1n) is 8.09. The highest BCUT2D eigenvalue weighted by molar-refractivity contribution is 7.99. The minimum absolute atomic E-state index is 0.00806. The molecule has 24 heavy (non-hydrogen) atoms. The van der Waals surface area contributed by atoms with E-state index in [1.54, 1.807) is 37.1 Å². The molecule has 0 saturated carbocycles. The lowest BCUT2D eigenvalue weighted by Crippen LogP contribution is -2.31. The van der Waals surface area contributed by atoms with Gasteiger partial charge in [-0.1, -0.05) is 12.1 Å². The van der Waals surface area contributed by atoms with Gasteiger partial charge in [-0.15, -0.1) is 11.8 Å². The van der Waals surface area contributed by atoms with E-state index in [-0.39, 0.29) is 5.91 Å². The number of amides is 1. The lowest BCUT2D eigenvalue weighted by molar-refractivity contribution is 0.0986. The Labute approximate surface area is 146 Å². The van der Waals surface area contributed by atoms with Crippen LogP contribution in [-0.2, 0) is 0 Å². The van der Waals surface area contributed by atoms with Crippen LogP contribution in [-0.4, -0.2) is 31.9 Å². The van der Waals surface area contributed by atoms with E-state index >= 15 is 0 Å². The third-order valence-electron chi connectivity index (χ3n) is 3.90. The maximum Gasteiger partial charge on any atom is 0.258 e. The molecule has 0 aliphatic carbocycles. The highest BCUT2D eigenvalue weighted by atomic mass is 32.2. The van der Waals surface area contributed by atoms with Gasteiger partial charge in [0.15, 0.2) is 11.5 Å². The molecule has 5 heteroatoms. The number of para-hydroxylation sites is 1. The number of rotatable bonds is 4. The van der Waals surface area contributed by atoms with Crippen molar-refractivity contribution in [3.05, 3.63) is 48.0 Å². The van der Waals surface area contributed by atoms with Crippen LogP contribution >= 0.6 is 11.8 Å².